The highest BCUT2D eigenvalue weighted by Crippen LogP contribution is 2.14. The summed E-state index contributed by atoms with van der Waals surface area (Å²) in [5.41, 5.74) is 1.72. The number of anilines is 1. The summed E-state index contributed by atoms with van der Waals surface area (Å²) in [5.74, 6) is -0.0504. The summed E-state index contributed by atoms with van der Waals surface area (Å²) in [6.45, 7) is 3.55. The van der Waals surface area contributed by atoms with Crippen LogP contribution in [-0.4, -0.2) is 16.1 Å². The molecule has 1 amide bonds. The van der Waals surface area contributed by atoms with Crippen LogP contribution in [0.4, 0.5) is 5.69 Å². The molecule has 2 rings (SSSR count). The SMILES string of the molecule is Cc1nnc(C(=O)Nc2ccccc2C)o1. The van der Waals surface area contributed by atoms with E-state index < -0.39 is 5.91 Å². The predicted octanol–water partition coefficient (Wildman–Crippen LogP) is 1.94. The highest BCUT2D eigenvalue weighted by molar-refractivity contribution is 6.01. The maximum atomic E-state index is 11.7. The molecule has 5 heteroatoms. The summed E-state index contributed by atoms with van der Waals surface area (Å²) >= 11 is 0. The van der Waals surface area contributed by atoms with Crippen LogP contribution in [0.2, 0.25) is 0 Å². The van der Waals surface area contributed by atoms with Gasteiger partial charge in [0.25, 0.3) is 0 Å². The normalized spacial score (nSPS) is 10.1. The molecule has 0 aliphatic rings. The lowest BCUT2D eigenvalue weighted by Gasteiger charge is -2.04. The number of aromatic nitrogens is 2. The summed E-state index contributed by atoms with van der Waals surface area (Å²) in [7, 11) is 0. The van der Waals surface area contributed by atoms with Gasteiger partial charge in [0.15, 0.2) is 0 Å². The average molecular weight is 217 g/mol. The topological polar surface area (TPSA) is 68.0 Å². The van der Waals surface area contributed by atoms with Crippen LogP contribution in [0, 0.1) is 13.8 Å². The molecule has 0 saturated carbocycles. The van der Waals surface area contributed by atoms with Crippen molar-refractivity contribution >= 4 is 11.6 Å². The number of aryl methyl sites for hydroxylation is 2. The number of para-hydroxylation sites is 1. The van der Waals surface area contributed by atoms with Crippen molar-refractivity contribution < 1.29 is 9.21 Å². The Bertz CT molecular complexity index is 519. The van der Waals surface area contributed by atoms with Gasteiger partial charge in [0.1, 0.15) is 0 Å². The molecule has 0 atom stereocenters. The smallest absolute Gasteiger partial charge is 0.313 e. The van der Waals surface area contributed by atoms with E-state index in [1.165, 1.54) is 0 Å². The highest BCUT2D eigenvalue weighted by atomic mass is 16.4. The van der Waals surface area contributed by atoms with E-state index in [0.29, 0.717) is 5.89 Å². The molecule has 16 heavy (non-hydrogen) atoms. The van der Waals surface area contributed by atoms with Crippen LogP contribution in [0.1, 0.15) is 22.1 Å². The zero-order valence-electron chi connectivity index (χ0n) is 9.02. The van der Waals surface area contributed by atoms with Gasteiger partial charge in [-0.1, -0.05) is 18.2 Å². The van der Waals surface area contributed by atoms with Gasteiger partial charge in [-0.25, -0.2) is 0 Å². The van der Waals surface area contributed by atoms with E-state index in [9.17, 15) is 4.79 Å². The first-order valence-electron chi connectivity index (χ1n) is 4.84. The lowest BCUT2D eigenvalue weighted by Crippen LogP contribution is -2.13. The number of carbonyl (C=O) groups excluding carboxylic acids is 1. The van der Waals surface area contributed by atoms with Gasteiger partial charge in [0.2, 0.25) is 5.89 Å². The van der Waals surface area contributed by atoms with Crippen LogP contribution in [-0.2, 0) is 0 Å². The van der Waals surface area contributed by atoms with E-state index >= 15 is 0 Å². The number of nitrogens with one attached hydrogen (secondary N) is 1. The van der Waals surface area contributed by atoms with E-state index in [1.54, 1.807) is 6.92 Å². The first kappa shape index (κ1) is 10.4. The molecule has 1 heterocycles. The Morgan fingerprint density at radius 3 is 2.62 bits per heavy atom. The van der Waals surface area contributed by atoms with Gasteiger partial charge >= 0.3 is 11.8 Å². The van der Waals surface area contributed by atoms with Crippen LogP contribution >= 0.6 is 0 Å². The van der Waals surface area contributed by atoms with Gasteiger partial charge in [0, 0.05) is 12.6 Å². The molecule has 0 aliphatic carbocycles. The fraction of sp³-hybridized carbons (Fsp3) is 0.182. The minimum absolute atomic E-state index is 0.0271. The first-order chi connectivity index (χ1) is 7.66. The Labute approximate surface area is 92.5 Å². The Balaban J connectivity index is 2.17. The van der Waals surface area contributed by atoms with Gasteiger partial charge in [0.05, 0.1) is 0 Å². The second-order valence-electron chi connectivity index (χ2n) is 3.40. The summed E-state index contributed by atoms with van der Waals surface area (Å²) in [6, 6.07) is 7.48. The third-order valence-corrected chi connectivity index (χ3v) is 2.11. The third kappa shape index (κ3) is 2.08. The molecule has 0 bridgehead atoms. The first-order valence-corrected chi connectivity index (χ1v) is 4.84. The van der Waals surface area contributed by atoms with Crippen LogP contribution in [0.5, 0.6) is 0 Å². The second-order valence-corrected chi connectivity index (χ2v) is 3.40. The van der Waals surface area contributed by atoms with E-state index in [4.69, 9.17) is 4.42 Å². The summed E-state index contributed by atoms with van der Waals surface area (Å²) < 4.78 is 5.02. The van der Waals surface area contributed by atoms with Gasteiger partial charge in [-0.3, -0.25) is 4.79 Å². The zero-order valence-corrected chi connectivity index (χ0v) is 9.02. The van der Waals surface area contributed by atoms with Crippen molar-refractivity contribution in [2.45, 2.75) is 13.8 Å². The van der Waals surface area contributed by atoms with Crippen LogP contribution in [0.15, 0.2) is 28.7 Å². The van der Waals surface area contributed by atoms with Gasteiger partial charge < -0.3 is 9.73 Å². The van der Waals surface area contributed by atoms with Crippen molar-refractivity contribution in [3.63, 3.8) is 0 Å². The quantitative estimate of drug-likeness (QED) is 0.834. The van der Waals surface area contributed by atoms with Crippen molar-refractivity contribution in [2.24, 2.45) is 0 Å². The zero-order chi connectivity index (χ0) is 11.5. The van der Waals surface area contributed by atoms with E-state index in [0.717, 1.165) is 11.3 Å². The van der Waals surface area contributed by atoms with Crippen LogP contribution in [0.25, 0.3) is 0 Å². The lowest BCUT2D eigenvalue weighted by atomic mass is 10.2. The Hall–Kier alpha value is -2.17. The standard InChI is InChI=1S/C11H11N3O2/c1-7-5-3-4-6-9(7)12-10(15)11-14-13-8(2)16-11/h3-6H,1-2H3,(H,12,15). The number of rotatable bonds is 2. The number of carbonyl (C=O) groups is 1. The van der Waals surface area contributed by atoms with Crippen molar-refractivity contribution in [3.8, 4) is 0 Å². The third-order valence-electron chi connectivity index (χ3n) is 2.11. The predicted molar refractivity (Wildman–Crippen MR) is 58.2 cm³/mol. The molecule has 82 valence electrons. The molecule has 0 fully saturated rings. The van der Waals surface area contributed by atoms with E-state index in [2.05, 4.69) is 15.5 Å². The van der Waals surface area contributed by atoms with E-state index in [-0.39, 0.29) is 5.89 Å². The monoisotopic (exact) mass is 217 g/mol. The van der Waals surface area contributed by atoms with Gasteiger partial charge in [-0.05, 0) is 18.6 Å². The second kappa shape index (κ2) is 4.14. The average Bonchev–Trinajstić information content (AvgIpc) is 2.68. The number of hydrogen-bond acceptors (Lipinski definition) is 4. The molecule has 0 radical (unpaired) electrons. The van der Waals surface area contributed by atoms with E-state index in [1.807, 2.05) is 31.2 Å². The van der Waals surface area contributed by atoms with Crippen molar-refractivity contribution in [3.05, 3.63) is 41.6 Å². The minimum atomic E-state index is -0.394. The Morgan fingerprint density at radius 1 is 1.25 bits per heavy atom. The largest absolute Gasteiger partial charge is 0.417 e. The molecule has 1 aromatic heterocycles. The number of nitrogens with zero attached hydrogens (tertiary/aromatic N) is 2. The lowest BCUT2D eigenvalue weighted by molar-refractivity contribution is 0.0989. The summed E-state index contributed by atoms with van der Waals surface area (Å²) in [4.78, 5) is 11.7. The maximum absolute atomic E-state index is 11.7. The molecular weight excluding hydrogens is 206 g/mol. The molecule has 1 N–H and O–H groups in total. The summed E-state index contributed by atoms with van der Waals surface area (Å²) in [5, 5.41) is 9.94. The Morgan fingerprint density at radius 2 is 2.00 bits per heavy atom. The summed E-state index contributed by atoms with van der Waals surface area (Å²) in [6.07, 6.45) is 0. The van der Waals surface area contributed by atoms with Crippen LogP contribution in [0.3, 0.4) is 0 Å². The van der Waals surface area contributed by atoms with Crippen molar-refractivity contribution in [1.82, 2.24) is 10.2 Å². The molecule has 2 aromatic rings. The van der Waals surface area contributed by atoms with Crippen molar-refractivity contribution in [2.75, 3.05) is 5.32 Å². The maximum Gasteiger partial charge on any atom is 0.313 e. The molecule has 0 aliphatic heterocycles. The van der Waals surface area contributed by atoms with Crippen molar-refractivity contribution in [1.29, 1.82) is 0 Å². The molecule has 5 nitrogen and oxygen atoms in total. The van der Waals surface area contributed by atoms with Crippen LogP contribution < -0.4 is 5.32 Å². The molecule has 0 unspecified atom stereocenters. The van der Waals surface area contributed by atoms with Gasteiger partial charge in [-0.2, -0.15) is 0 Å². The number of benzene rings is 1. The fourth-order valence-electron chi connectivity index (χ4n) is 1.28. The molecule has 1 aromatic carbocycles. The highest BCUT2D eigenvalue weighted by Gasteiger charge is 2.13. The molecule has 0 saturated heterocycles. The van der Waals surface area contributed by atoms with Gasteiger partial charge in [-0.15, -0.1) is 10.2 Å². The Kier molecular flexibility index (Phi) is 2.68. The molecular formula is C11H11N3O2. The number of hydrogen-bond donors (Lipinski definition) is 1. The number of amides is 1. The molecule has 0 spiro atoms. The minimum Gasteiger partial charge on any atom is -0.417 e. The fourth-order valence-corrected chi connectivity index (χ4v) is 1.28.